The minimum atomic E-state index is -3.11. The Labute approximate surface area is 152 Å². The first-order valence-corrected chi connectivity index (χ1v) is 10.9. The predicted octanol–water partition coefficient (Wildman–Crippen LogP) is 1.94. The SMILES string of the molecule is CCS(=O)(=O)NCCCN[C@H](C)[C@H]1CCCN(C(=O)OC(C)(C)C)C1. The minimum absolute atomic E-state index is 0.111. The summed E-state index contributed by atoms with van der Waals surface area (Å²) in [5.41, 5.74) is -0.473. The molecule has 1 saturated heterocycles. The first-order chi connectivity index (χ1) is 11.5. The Morgan fingerprint density at radius 3 is 2.60 bits per heavy atom. The van der Waals surface area contributed by atoms with Crippen LogP contribution in [0.25, 0.3) is 0 Å². The van der Waals surface area contributed by atoms with Gasteiger partial charge in [0, 0.05) is 25.7 Å². The summed E-state index contributed by atoms with van der Waals surface area (Å²) >= 11 is 0. The topological polar surface area (TPSA) is 87.7 Å². The van der Waals surface area contributed by atoms with E-state index >= 15 is 0 Å². The molecule has 1 aliphatic heterocycles. The van der Waals surface area contributed by atoms with Crippen LogP contribution in [0.1, 0.15) is 53.9 Å². The number of carbonyl (C=O) groups is 1. The maximum absolute atomic E-state index is 12.2. The Kier molecular flexibility index (Phi) is 8.63. The second-order valence-corrected chi connectivity index (χ2v) is 9.82. The number of amides is 1. The molecule has 8 heteroatoms. The van der Waals surface area contributed by atoms with E-state index in [1.165, 1.54) is 0 Å². The zero-order valence-electron chi connectivity index (χ0n) is 16.3. The highest BCUT2D eigenvalue weighted by atomic mass is 32.2. The van der Waals surface area contributed by atoms with Crippen LogP contribution in [-0.2, 0) is 14.8 Å². The fourth-order valence-electron chi connectivity index (χ4n) is 2.82. The number of sulfonamides is 1. The molecule has 0 unspecified atom stereocenters. The third-order valence-electron chi connectivity index (χ3n) is 4.34. The lowest BCUT2D eigenvalue weighted by molar-refractivity contribution is 0.0148. The zero-order valence-corrected chi connectivity index (χ0v) is 17.1. The molecule has 1 aliphatic rings. The third kappa shape index (κ3) is 8.87. The van der Waals surface area contributed by atoms with E-state index in [1.807, 2.05) is 20.8 Å². The molecular weight excluding hydrogens is 342 g/mol. The summed E-state index contributed by atoms with van der Waals surface area (Å²) in [7, 11) is -3.11. The van der Waals surface area contributed by atoms with Crippen LogP contribution in [0.3, 0.4) is 0 Å². The van der Waals surface area contributed by atoms with E-state index < -0.39 is 15.6 Å². The van der Waals surface area contributed by atoms with Gasteiger partial charge in [0.2, 0.25) is 10.0 Å². The van der Waals surface area contributed by atoms with Crippen molar-refractivity contribution in [2.45, 2.75) is 65.5 Å². The van der Waals surface area contributed by atoms with E-state index in [-0.39, 0.29) is 17.9 Å². The Balaban J connectivity index is 2.33. The standard InChI is InChI=1S/C17H35N3O4S/c1-6-25(22,23)19-11-8-10-18-14(2)15-9-7-12-20(13-15)16(21)24-17(3,4)5/h14-15,18-19H,6-13H2,1-5H3/t14-,15+/m1/s1. The number of rotatable bonds is 8. The molecule has 7 nitrogen and oxygen atoms in total. The number of likely N-dealkylation sites (tertiary alicyclic amines) is 1. The van der Waals surface area contributed by atoms with Crippen molar-refractivity contribution in [1.29, 1.82) is 0 Å². The molecule has 1 fully saturated rings. The van der Waals surface area contributed by atoms with E-state index in [0.29, 0.717) is 19.0 Å². The van der Waals surface area contributed by atoms with E-state index in [2.05, 4.69) is 17.0 Å². The molecule has 0 aliphatic carbocycles. The van der Waals surface area contributed by atoms with Gasteiger partial charge in [-0.15, -0.1) is 0 Å². The van der Waals surface area contributed by atoms with E-state index in [4.69, 9.17) is 4.74 Å². The van der Waals surface area contributed by atoms with Crippen LogP contribution in [0.5, 0.6) is 0 Å². The molecule has 0 saturated carbocycles. The van der Waals surface area contributed by atoms with Crippen LogP contribution >= 0.6 is 0 Å². The second-order valence-electron chi connectivity index (χ2n) is 7.72. The quantitative estimate of drug-likeness (QED) is 0.631. The average molecular weight is 378 g/mol. The monoisotopic (exact) mass is 377 g/mol. The number of ether oxygens (including phenoxy) is 1. The minimum Gasteiger partial charge on any atom is -0.444 e. The molecule has 0 radical (unpaired) electrons. The van der Waals surface area contributed by atoms with Gasteiger partial charge in [-0.2, -0.15) is 0 Å². The van der Waals surface area contributed by atoms with Gasteiger partial charge in [-0.1, -0.05) is 0 Å². The lowest BCUT2D eigenvalue weighted by Gasteiger charge is -2.36. The maximum atomic E-state index is 12.2. The summed E-state index contributed by atoms with van der Waals surface area (Å²) in [5, 5.41) is 3.45. The Morgan fingerprint density at radius 1 is 1.32 bits per heavy atom. The van der Waals surface area contributed by atoms with Gasteiger partial charge in [0.05, 0.1) is 5.75 Å². The van der Waals surface area contributed by atoms with Crippen molar-refractivity contribution in [2.75, 3.05) is 31.9 Å². The number of nitrogens with zero attached hydrogens (tertiary/aromatic N) is 1. The molecule has 1 rings (SSSR count). The van der Waals surface area contributed by atoms with Gasteiger partial charge in [0.15, 0.2) is 0 Å². The number of hydrogen-bond donors (Lipinski definition) is 2. The molecule has 148 valence electrons. The van der Waals surface area contributed by atoms with Crippen LogP contribution in [0.4, 0.5) is 4.79 Å². The fourth-order valence-corrected chi connectivity index (χ4v) is 3.48. The lowest BCUT2D eigenvalue weighted by Crippen LogP contribution is -2.48. The first kappa shape index (κ1) is 22.2. The molecule has 2 N–H and O–H groups in total. The largest absolute Gasteiger partial charge is 0.444 e. The third-order valence-corrected chi connectivity index (χ3v) is 5.74. The van der Waals surface area contributed by atoms with Crippen molar-refractivity contribution in [3.8, 4) is 0 Å². The molecular formula is C17H35N3O4S. The van der Waals surface area contributed by atoms with E-state index in [9.17, 15) is 13.2 Å². The fraction of sp³-hybridized carbons (Fsp3) is 0.941. The molecule has 1 heterocycles. The van der Waals surface area contributed by atoms with Gasteiger partial charge in [-0.3, -0.25) is 0 Å². The van der Waals surface area contributed by atoms with Gasteiger partial charge in [0.25, 0.3) is 0 Å². The Hall–Kier alpha value is -0.860. The van der Waals surface area contributed by atoms with Crippen molar-refractivity contribution in [1.82, 2.24) is 14.9 Å². The number of nitrogens with one attached hydrogen (secondary N) is 2. The Morgan fingerprint density at radius 2 is 2.00 bits per heavy atom. The second kappa shape index (κ2) is 9.73. The summed E-state index contributed by atoms with van der Waals surface area (Å²) in [5.74, 6) is 0.493. The molecule has 0 aromatic carbocycles. The van der Waals surface area contributed by atoms with Crippen LogP contribution in [0.15, 0.2) is 0 Å². The molecule has 1 amide bonds. The molecule has 0 aromatic rings. The average Bonchev–Trinajstić information content (AvgIpc) is 2.53. The van der Waals surface area contributed by atoms with E-state index in [0.717, 1.165) is 32.4 Å². The summed E-state index contributed by atoms with van der Waals surface area (Å²) < 4.78 is 30.8. The summed E-state index contributed by atoms with van der Waals surface area (Å²) in [6, 6.07) is 0.271. The van der Waals surface area contributed by atoms with Gasteiger partial charge < -0.3 is 15.0 Å². The summed E-state index contributed by atoms with van der Waals surface area (Å²) in [6.45, 7) is 12.0. The van der Waals surface area contributed by atoms with Gasteiger partial charge in [0.1, 0.15) is 5.60 Å². The van der Waals surface area contributed by atoms with Crippen LogP contribution < -0.4 is 10.0 Å². The van der Waals surface area contributed by atoms with E-state index in [1.54, 1.807) is 11.8 Å². The van der Waals surface area contributed by atoms with Crippen LogP contribution in [-0.4, -0.2) is 63.0 Å². The number of carbonyl (C=O) groups excluding carboxylic acids is 1. The zero-order chi connectivity index (χ0) is 19.1. The smallest absolute Gasteiger partial charge is 0.410 e. The molecule has 25 heavy (non-hydrogen) atoms. The normalized spacial score (nSPS) is 20.4. The molecule has 2 atom stereocenters. The van der Waals surface area contributed by atoms with Gasteiger partial charge >= 0.3 is 6.09 Å². The lowest BCUT2D eigenvalue weighted by atomic mass is 9.91. The molecule has 0 bridgehead atoms. The molecule has 0 spiro atoms. The first-order valence-electron chi connectivity index (χ1n) is 9.22. The predicted molar refractivity (Wildman–Crippen MR) is 100 cm³/mol. The maximum Gasteiger partial charge on any atom is 0.410 e. The van der Waals surface area contributed by atoms with Gasteiger partial charge in [-0.05, 0) is 66.3 Å². The van der Waals surface area contributed by atoms with Crippen molar-refractivity contribution >= 4 is 16.1 Å². The highest BCUT2D eigenvalue weighted by Crippen LogP contribution is 2.21. The summed E-state index contributed by atoms with van der Waals surface area (Å²) in [6.07, 6.45) is 2.56. The van der Waals surface area contributed by atoms with Crippen LogP contribution in [0.2, 0.25) is 0 Å². The highest BCUT2D eigenvalue weighted by Gasteiger charge is 2.29. The number of hydrogen-bond acceptors (Lipinski definition) is 5. The summed E-state index contributed by atoms with van der Waals surface area (Å²) in [4.78, 5) is 14.0. The van der Waals surface area contributed by atoms with Crippen molar-refractivity contribution in [2.24, 2.45) is 5.92 Å². The Bertz CT molecular complexity index is 516. The van der Waals surface area contributed by atoms with Crippen LogP contribution in [0, 0.1) is 5.92 Å². The van der Waals surface area contributed by atoms with Crippen molar-refractivity contribution < 1.29 is 17.9 Å². The van der Waals surface area contributed by atoms with Gasteiger partial charge in [-0.25, -0.2) is 17.9 Å². The van der Waals surface area contributed by atoms with Crippen molar-refractivity contribution in [3.05, 3.63) is 0 Å². The molecule has 0 aromatic heterocycles. The highest BCUT2D eigenvalue weighted by molar-refractivity contribution is 7.89. The van der Waals surface area contributed by atoms with Crippen molar-refractivity contribution in [3.63, 3.8) is 0 Å². The number of piperidine rings is 1.